The van der Waals surface area contributed by atoms with Crippen LogP contribution in [0.3, 0.4) is 0 Å². The van der Waals surface area contributed by atoms with Crippen LogP contribution in [-0.2, 0) is 11.2 Å². The van der Waals surface area contributed by atoms with Crippen molar-refractivity contribution in [2.24, 2.45) is 0 Å². The summed E-state index contributed by atoms with van der Waals surface area (Å²) >= 11 is 1.01. The first-order valence-corrected chi connectivity index (χ1v) is 9.05. The van der Waals surface area contributed by atoms with E-state index in [2.05, 4.69) is 4.98 Å². The molecule has 2 rings (SSSR count). The molecule has 0 atom stereocenters. The highest BCUT2D eigenvalue weighted by Crippen LogP contribution is 2.26. The Hall–Kier alpha value is -1.59. The molecule has 27 heavy (non-hydrogen) atoms. The molecular formula is C16H22BF3N2O4S+. The van der Waals surface area contributed by atoms with Gasteiger partial charge < -0.3 is 9.76 Å². The summed E-state index contributed by atoms with van der Waals surface area (Å²) in [6.07, 6.45) is -5.60. The van der Waals surface area contributed by atoms with E-state index in [1.807, 2.05) is 0 Å². The summed E-state index contributed by atoms with van der Waals surface area (Å²) < 4.78 is 44.9. The summed E-state index contributed by atoms with van der Waals surface area (Å²) in [7, 11) is 1.40. The van der Waals surface area contributed by atoms with Crippen molar-refractivity contribution < 1.29 is 22.9 Å². The quantitative estimate of drug-likeness (QED) is 0.584. The molecule has 149 valence electrons. The minimum Gasteiger partial charge on any atom is -0.439 e. The number of nitrogens with zero attached hydrogens (tertiary/aromatic N) is 1. The molecule has 0 unspecified atom stereocenters. The van der Waals surface area contributed by atoms with Crippen molar-refractivity contribution >= 4 is 33.8 Å². The molecule has 0 saturated carbocycles. The zero-order valence-corrected chi connectivity index (χ0v) is 16.5. The van der Waals surface area contributed by atoms with Gasteiger partial charge in [-0.15, -0.1) is 11.3 Å². The Kier molecular flexibility index (Phi) is 5.71. The molecule has 11 heteroatoms. The molecule has 0 aliphatic carbocycles. The fourth-order valence-electron chi connectivity index (χ4n) is 2.19. The molecule has 0 aliphatic rings. The highest BCUT2D eigenvalue weighted by Gasteiger charge is 2.40. The van der Waals surface area contributed by atoms with E-state index in [-0.39, 0.29) is 10.2 Å². The highest BCUT2D eigenvalue weighted by atomic mass is 32.1. The van der Waals surface area contributed by atoms with Gasteiger partial charge in [0.25, 0.3) is 5.56 Å². The smallest absolute Gasteiger partial charge is 0.390 e. The Labute approximate surface area is 158 Å². The Bertz CT molecular complexity index is 954. The third-order valence-electron chi connectivity index (χ3n) is 4.69. The minimum absolute atomic E-state index is 0.166. The van der Waals surface area contributed by atoms with E-state index < -0.39 is 41.6 Å². The fourth-order valence-corrected chi connectivity index (χ4v) is 3.39. The first-order chi connectivity index (χ1) is 12.1. The molecule has 0 bridgehead atoms. The van der Waals surface area contributed by atoms with Gasteiger partial charge in [-0.1, -0.05) is 0 Å². The van der Waals surface area contributed by atoms with Gasteiger partial charge in [0.1, 0.15) is 10.4 Å². The summed E-state index contributed by atoms with van der Waals surface area (Å²) in [5, 5.41) is 8.29. The van der Waals surface area contributed by atoms with E-state index in [1.54, 1.807) is 34.6 Å². The lowest BCUT2D eigenvalue weighted by Crippen LogP contribution is -2.49. The second-order valence-corrected chi connectivity index (χ2v) is 8.45. The summed E-state index contributed by atoms with van der Waals surface area (Å²) in [5.41, 5.74) is -2.78. The van der Waals surface area contributed by atoms with Crippen molar-refractivity contribution in [1.82, 2.24) is 9.55 Å². The maximum absolute atomic E-state index is 12.6. The van der Waals surface area contributed by atoms with Gasteiger partial charge in [-0.2, -0.15) is 13.2 Å². The maximum Gasteiger partial charge on any atom is 0.390 e. The highest BCUT2D eigenvalue weighted by molar-refractivity contribution is 7.27. The topological polar surface area (TPSA) is 87.0 Å². The van der Waals surface area contributed by atoms with Crippen LogP contribution < -0.4 is 16.0 Å². The van der Waals surface area contributed by atoms with Crippen LogP contribution in [-0.4, -0.2) is 39.5 Å². The van der Waals surface area contributed by atoms with Crippen molar-refractivity contribution in [3.63, 3.8) is 0 Å². The van der Waals surface area contributed by atoms with E-state index in [9.17, 15) is 22.8 Å². The summed E-state index contributed by atoms with van der Waals surface area (Å²) in [6.45, 7) is 7.93. The molecule has 2 aromatic rings. The van der Waals surface area contributed by atoms with E-state index in [0.717, 1.165) is 15.9 Å². The number of aryl methyl sites for hydroxylation is 2. The average molecular weight is 406 g/mol. The Morgan fingerprint density at radius 3 is 2.33 bits per heavy atom. The Morgan fingerprint density at radius 1 is 1.22 bits per heavy atom. The SMILES string of the molecule is Cc1c([B]OC(C)(C)C(C)(C)[OH2+])sc2c1c(=O)[nH]c(=O)n2CCC(F)(F)F. The molecule has 6 nitrogen and oxygen atoms in total. The number of hydrogen-bond donors (Lipinski definition) is 1. The number of H-pyrrole nitrogens is 1. The molecule has 0 spiro atoms. The lowest BCUT2D eigenvalue weighted by molar-refractivity contribution is -0.136. The molecule has 2 heterocycles. The predicted molar refractivity (Wildman–Crippen MR) is 100 cm³/mol. The number of aromatic nitrogens is 2. The molecule has 0 saturated heterocycles. The summed E-state index contributed by atoms with van der Waals surface area (Å²) in [5.74, 6) is 0. The van der Waals surface area contributed by atoms with Crippen molar-refractivity contribution in [3.8, 4) is 0 Å². The molecule has 0 fully saturated rings. The maximum atomic E-state index is 12.6. The lowest BCUT2D eigenvalue weighted by atomic mass is 9.85. The molecule has 0 amide bonds. The van der Waals surface area contributed by atoms with E-state index in [1.165, 1.54) is 7.48 Å². The number of halogens is 3. The third kappa shape index (κ3) is 4.64. The van der Waals surface area contributed by atoms with Gasteiger partial charge in [0.2, 0.25) is 0 Å². The van der Waals surface area contributed by atoms with Gasteiger partial charge >= 0.3 is 19.3 Å². The number of fused-ring (bicyclic) bond motifs is 1. The normalized spacial score (nSPS) is 13.4. The van der Waals surface area contributed by atoms with Gasteiger partial charge in [-0.25, -0.2) is 4.79 Å². The van der Waals surface area contributed by atoms with Crippen LogP contribution in [0.5, 0.6) is 0 Å². The lowest BCUT2D eigenvalue weighted by Gasteiger charge is -2.33. The van der Waals surface area contributed by atoms with Crippen LogP contribution in [0.25, 0.3) is 10.2 Å². The first-order valence-electron chi connectivity index (χ1n) is 8.23. The Morgan fingerprint density at radius 2 is 1.81 bits per heavy atom. The molecule has 0 aliphatic heterocycles. The molecule has 1 radical (unpaired) electrons. The minimum atomic E-state index is -4.42. The van der Waals surface area contributed by atoms with Crippen molar-refractivity contribution in [2.45, 2.75) is 65.0 Å². The zero-order valence-electron chi connectivity index (χ0n) is 15.7. The van der Waals surface area contributed by atoms with Crippen LogP contribution in [0.2, 0.25) is 0 Å². The molecular weight excluding hydrogens is 384 g/mol. The average Bonchev–Trinajstić information content (AvgIpc) is 2.80. The fraction of sp³-hybridized carbons (Fsp3) is 0.625. The largest absolute Gasteiger partial charge is 0.439 e. The monoisotopic (exact) mass is 406 g/mol. The van der Waals surface area contributed by atoms with Crippen LogP contribution in [0.15, 0.2) is 9.59 Å². The first kappa shape index (κ1) is 21.7. The second-order valence-electron chi connectivity index (χ2n) is 7.42. The third-order valence-corrected chi connectivity index (χ3v) is 5.93. The van der Waals surface area contributed by atoms with Gasteiger partial charge in [0, 0.05) is 25.2 Å². The zero-order chi connectivity index (χ0) is 20.8. The van der Waals surface area contributed by atoms with Crippen LogP contribution in [0.1, 0.15) is 39.7 Å². The van der Waals surface area contributed by atoms with Crippen LogP contribution >= 0.6 is 11.3 Å². The van der Waals surface area contributed by atoms with Crippen molar-refractivity contribution in [3.05, 3.63) is 26.4 Å². The second kappa shape index (κ2) is 7.10. The number of thiophene rings is 1. The predicted octanol–water partition coefficient (Wildman–Crippen LogP) is 1.56. The van der Waals surface area contributed by atoms with Crippen LogP contribution in [0.4, 0.5) is 13.2 Å². The van der Waals surface area contributed by atoms with Gasteiger partial charge in [-0.3, -0.25) is 14.3 Å². The number of nitrogens with one attached hydrogen (secondary N) is 1. The Balaban J connectivity index is 2.47. The molecule has 3 N–H and O–H groups in total. The number of alkyl halides is 3. The number of aromatic amines is 1. The van der Waals surface area contributed by atoms with E-state index in [0.29, 0.717) is 10.3 Å². The summed E-state index contributed by atoms with van der Waals surface area (Å²) in [6, 6.07) is 0. The number of hydrogen-bond acceptors (Lipinski definition) is 4. The summed E-state index contributed by atoms with van der Waals surface area (Å²) in [4.78, 5) is 26.4. The molecule has 2 aromatic heterocycles. The van der Waals surface area contributed by atoms with Crippen LogP contribution in [0, 0.1) is 6.92 Å². The van der Waals surface area contributed by atoms with E-state index >= 15 is 0 Å². The van der Waals surface area contributed by atoms with Crippen molar-refractivity contribution in [1.29, 1.82) is 0 Å². The molecule has 0 aromatic carbocycles. The van der Waals surface area contributed by atoms with E-state index in [4.69, 9.17) is 9.76 Å². The van der Waals surface area contributed by atoms with Gasteiger partial charge in [0.05, 0.1) is 11.8 Å². The number of rotatable bonds is 6. The standard InChI is InChI=1S/C16H21BF3N2O4S/c1-8-9-11(23)21-13(24)22(7-6-16(18,19)20)12(9)27-10(8)17-26-15(4,5)14(2,3)25/h25H,6-7H2,1-5H3,(H,21,23,24)/p+1. The van der Waals surface area contributed by atoms with Crippen molar-refractivity contribution in [2.75, 3.05) is 0 Å². The van der Waals surface area contributed by atoms with Gasteiger partial charge in [0.15, 0.2) is 5.60 Å². The van der Waals surface area contributed by atoms with Gasteiger partial charge in [-0.05, 0) is 26.3 Å².